The van der Waals surface area contributed by atoms with Crippen molar-refractivity contribution in [2.75, 3.05) is 11.5 Å². The maximum Gasteiger partial charge on any atom is 0.352 e. The molecule has 0 unspecified atom stereocenters. The molecule has 0 spiro atoms. The predicted molar refractivity (Wildman–Crippen MR) is 105 cm³/mol. The summed E-state index contributed by atoms with van der Waals surface area (Å²) in [6.45, 7) is 7.16. The number of carboxylic acid groups (broad SMARTS) is 1. The van der Waals surface area contributed by atoms with Crippen molar-refractivity contribution in [3.05, 3.63) is 16.3 Å². The highest BCUT2D eigenvalue weighted by molar-refractivity contribution is 8.01. The standard InChI is InChI=1S/C16H20N4O4S3/c1-7-18-19-15(27-7)26-6-8-5-25-12-9(17-14(24)16(2,3)4)11(21)20(12)10(8)13(22)23/h9,12H,5-6H2,1-4H3,(H,17,24)(H,22,23)/t9-,12+/m0/s1. The van der Waals surface area contributed by atoms with Gasteiger partial charge < -0.3 is 10.4 Å². The molecule has 1 aromatic rings. The first-order valence-electron chi connectivity index (χ1n) is 8.23. The molecule has 1 aromatic heterocycles. The van der Waals surface area contributed by atoms with Crippen molar-refractivity contribution >= 4 is 52.6 Å². The molecule has 0 radical (unpaired) electrons. The van der Waals surface area contributed by atoms with E-state index in [4.69, 9.17) is 0 Å². The number of β-lactam (4-membered cyclic amide) rings is 1. The molecule has 2 amide bonds. The van der Waals surface area contributed by atoms with Gasteiger partial charge in [-0.1, -0.05) is 43.9 Å². The minimum Gasteiger partial charge on any atom is -0.477 e. The summed E-state index contributed by atoms with van der Waals surface area (Å²) in [5.74, 6) is -0.814. The molecule has 1 fully saturated rings. The number of carbonyl (C=O) groups is 3. The fourth-order valence-electron chi connectivity index (χ4n) is 2.64. The molecule has 27 heavy (non-hydrogen) atoms. The van der Waals surface area contributed by atoms with E-state index in [0.717, 1.165) is 9.35 Å². The fourth-order valence-corrected chi connectivity index (χ4v) is 5.94. The second kappa shape index (κ2) is 7.44. The monoisotopic (exact) mass is 428 g/mol. The van der Waals surface area contributed by atoms with Gasteiger partial charge in [0.05, 0.1) is 0 Å². The number of carbonyl (C=O) groups excluding carboxylic acids is 2. The van der Waals surface area contributed by atoms with E-state index in [0.29, 0.717) is 17.1 Å². The highest BCUT2D eigenvalue weighted by Gasteiger charge is 2.54. The van der Waals surface area contributed by atoms with Gasteiger partial charge in [-0.15, -0.1) is 22.0 Å². The molecule has 3 heterocycles. The molecular formula is C16H20N4O4S3. The summed E-state index contributed by atoms with van der Waals surface area (Å²) in [5, 5.41) is 20.9. The van der Waals surface area contributed by atoms with Crippen LogP contribution in [0.1, 0.15) is 25.8 Å². The van der Waals surface area contributed by atoms with Crippen molar-refractivity contribution in [1.29, 1.82) is 0 Å². The minimum atomic E-state index is -1.13. The number of hydrogen-bond donors (Lipinski definition) is 2. The van der Waals surface area contributed by atoms with E-state index in [9.17, 15) is 19.5 Å². The van der Waals surface area contributed by atoms with Crippen LogP contribution < -0.4 is 5.32 Å². The van der Waals surface area contributed by atoms with E-state index in [-0.39, 0.29) is 22.9 Å². The Hall–Kier alpha value is -1.59. The van der Waals surface area contributed by atoms with Gasteiger partial charge in [-0.05, 0) is 12.5 Å². The molecule has 2 aliphatic heterocycles. The van der Waals surface area contributed by atoms with Crippen LogP contribution in [0.15, 0.2) is 15.6 Å². The number of fused-ring (bicyclic) bond motifs is 1. The van der Waals surface area contributed by atoms with Crippen molar-refractivity contribution in [3.8, 4) is 0 Å². The predicted octanol–water partition coefficient (Wildman–Crippen LogP) is 1.72. The van der Waals surface area contributed by atoms with Crippen molar-refractivity contribution in [2.45, 2.75) is 43.5 Å². The van der Waals surface area contributed by atoms with Crippen LogP contribution in [0.4, 0.5) is 0 Å². The molecule has 2 atom stereocenters. The highest BCUT2D eigenvalue weighted by atomic mass is 32.2. The summed E-state index contributed by atoms with van der Waals surface area (Å²) in [6.07, 6.45) is 0. The number of aryl methyl sites for hydroxylation is 1. The third kappa shape index (κ3) is 3.99. The average Bonchev–Trinajstić information content (AvgIpc) is 3.00. The Morgan fingerprint density at radius 2 is 2.07 bits per heavy atom. The SMILES string of the molecule is Cc1nnc(SCC2=C(C(=O)O)N3C(=O)[C@H](NC(=O)C(C)(C)C)[C@H]3SC2)s1. The third-order valence-corrected chi connectivity index (χ3v) is 7.49. The number of nitrogens with zero attached hydrogens (tertiary/aromatic N) is 3. The maximum atomic E-state index is 12.6. The summed E-state index contributed by atoms with van der Waals surface area (Å²) in [7, 11) is 0. The van der Waals surface area contributed by atoms with Crippen LogP contribution in [0.3, 0.4) is 0 Å². The first-order chi connectivity index (χ1) is 12.6. The van der Waals surface area contributed by atoms with E-state index in [1.54, 1.807) is 20.8 Å². The zero-order chi connectivity index (χ0) is 19.9. The summed E-state index contributed by atoms with van der Waals surface area (Å²) < 4.78 is 0.766. The van der Waals surface area contributed by atoms with Gasteiger partial charge in [-0.25, -0.2) is 4.79 Å². The van der Waals surface area contributed by atoms with Gasteiger partial charge in [0.25, 0.3) is 5.91 Å². The van der Waals surface area contributed by atoms with Crippen LogP contribution in [0.25, 0.3) is 0 Å². The minimum absolute atomic E-state index is 0.0266. The maximum absolute atomic E-state index is 12.6. The molecule has 0 saturated carbocycles. The van der Waals surface area contributed by atoms with Crippen LogP contribution in [0, 0.1) is 12.3 Å². The molecule has 0 aromatic carbocycles. The fraction of sp³-hybridized carbons (Fsp3) is 0.562. The molecule has 8 nitrogen and oxygen atoms in total. The van der Waals surface area contributed by atoms with E-state index >= 15 is 0 Å². The van der Waals surface area contributed by atoms with E-state index in [1.807, 2.05) is 6.92 Å². The van der Waals surface area contributed by atoms with Gasteiger partial charge in [0.2, 0.25) is 5.91 Å². The quantitative estimate of drug-likeness (QED) is 0.539. The molecule has 146 valence electrons. The second-order valence-electron chi connectivity index (χ2n) is 7.24. The van der Waals surface area contributed by atoms with Crippen molar-refractivity contribution in [1.82, 2.24) is 20.4 Å². The van der Waals surface area contributed by atoms with Crippen LogP contribution in [0.5, 0.6) is 0 Å². The second-order valence-corrected chi connectivity index (χ2v) is 10.8. The number of thioether (sulfide) groups is 2. The van der Waals surface area contributed by atoms with Crippen LogP contribution >= 0.6 is 34.9 Å². The van der Waals surface area contributed by atoms with Gasteiger partial charge in [-0.2, -0.15) is 0 Å². The van der Waals surface area contributed by atoms with Crippen LogP contribution in [-0.2, 0) is 14.4 Å². The lowest BCUT2D eigenvalue weighted by Crippen LogP contribution is -2.71. The summed E-state index contributed by atoms with van der Waals surface area (Å²) in [6, 6.07) is -0.684. The Labute approximate surface area is 169 Å². The molecule has 2 aliphatic rings. The summed E-state index contributed by atoms with van der Waals surface area (Å²) >= 11 is 4.33. The van der Waals surface area contributed by atoms with Crippen molar-refractivity contribution < 1.29 is 19.5 Å². The number of amides is 2. The molecule has 1 saturated heterocycles. The van der Waals surface area contributed by atoms with E-state index < -0.39 is 17.4 Å². The largest absolute Gasteiger partial charge is 0.477 e. The van der Waals surface area contributed by atoms with Gasteiger partial charge in [0.1, 0.15) is 22.1 Å². The lowest BCUT2D eigenvalue weighted by Gasteiger charge is -2.49. The Kier molecular flexibility index (Phi) is 5.55. The van der Waals surface area contributed by atoms with Crippen molar-refractivity contribution in [2.24, 2.45) is 5.41 Å². The molecule has 0 bridgehead atoms. The zero-order valence-corrected chi connectivity index (χ0v) is 17.8. The van der Waals surface area contributed by atoms with E-state index in [1.165, 1.54) is 39.8 Å². The number of hydrogen-bond acceptors (Lipinski definition) is 8. The molecule has 11 heteroatoms. The lowest BCUT2D eigenvalue weighted by atomic mass is 9.94. The molecule has 0 aliphatic carbocycles. The highest BCUT2D eigenvalue weighted by Crippen LogP contribution is 2.42. The van der Waals surface area contributed by atoms with Gasteiger partial charge in [0.15, 0.2) is 4.34 Å². The first-order valence-corrected chi connectivity index (χ1v) is 11.1. The van der Waals surface area contributed by atoms with Gasteiger partial charge in [-0.3, -0.25) is 14.5 Å². The average molecular weight is 429 g/mol. The Bertz CT molecular complexity index is 830. The van der Waals surface area contributed by atoms with Gasteiger partial charge >= 0.3 is 5.97 Å². The Morgan fingerprint density at radius 1 is 1.37 bits per heavy atom. The van der Waals surface area contributed by atoms with Crippen molar-refractivity contribution in [3.63, 3.8) is 0 Å². The summed E-state index contributed by atoms with van der Waals surface area (Å²) in [4.78, 5) is 37.9. The summed E-state index contributed by atoms with van der Waals surface area (Å²) in [5.41, 5.74) is 0.0852. The smallest absolute Gasteiger partial charge is 0.352 e. The van der Waals surface area contributed by atoms with Gasteiger partial charge in [0, 0.05) is 16.9 Å². The van der Waals surface area contributed by atoms with Crippen LogP contribution in [-0.4, -0.2) is 60.9 Å². The number of carboxylic acids is 1. The zero-order valence-electron chi connectivity index (χ0n) is 15.3. The Balaban J connectivity index is 1.75. The molecular weight excluding hydrogens is 408 g/mol. The third-order valence-electron chi connectivity index (χ3n) is 4.09. The normalized spacial score (nSPS) is 22.4. The van der Waals surface area contributed by atoms with Crippen LogP contribution in [0.2, 0.25) is 0 Å². The van der Waals surface area contributed by atoms with E-state index in [2.05, 4.69) is 15.5 Å². The number of aliphatic carboxylic acids is 1. The molecule has 3 rings (SSSR count). The number of aromatic nitrogens is 2. The number of nitrogens with one attached hydrogen (secondary N) is 1. The first kappa shape index (κ1) is 20.2. The lowest BCUT2D eigenvalue weighted by molar-refractivity contribution is -0.151. The number of rotatable bonds is 5. The Morgan fingerprint density at radius 3 is 2.63 bits per heavy atom. The molecule has 2 N–H and O–H groups in total. The topological polar surface area (TPSA) is 112 Å².